The highest BCUT2D eigenvalue weighted by atomic mass is 32.2. The number of esters is 1. The Bertz CT molecular complexity index is 945. The van der Waals surface area contributed by atoms with Crippen LogP contribution in [0.25, 0.3) is 0 Å². The summed E-state index contributed by atoms with van der Waals surface area (Å²) in [6.07, 6.45) is 4.53. The van der Waals surface area contributed by atoms with E-state index < -0.39 is 42.0 Å². The predicted octanol–water partition coefficient (Wildman–Crippen LogP) is 1.28. The SMILES string of the molecule is COC(=O)[C@H](Cc1ccccc1)NC(=O)[C@@H]1CCCN1C(=O)[C@H](CC(C)C)NC(=O)[C@H](CCSC)NC=O. The minimum Gasteiger partial charge on any atom is -0.467 e. The molecular formula is C27H40N4O6S. The van der Waals surface area contributed by atoms with E-state index in [0.29, 0.717) is 44.4 Å². The zero-order valence-corrected chi connectivity index (χ0v) is 23.4. The third-order valence-electron chi connectivity index (χ3n) is 6.44. The quantitative estimate of drug-likeness (QED) is 0.222. The summed E-state index contributed by atoms with van der Waals surface area (Å²) >= 11 is 1.55. The van der Waals surface area contributed by atoms with Crippen LogP contribution < -0.4 is 16.0 Å². The van der Waals surface area contributed by atoms with Crippen molar-refractivity contribution < 1.29 is 28.7 Å². The fourth-order valence-electron chi connectivity index (χ4n) is 4.53. The van der Waals surface area contributed by atoms with E-state index in [4.69, 9.17) is 4.74 Å². The van der Waals surface area contributed by atoms with Gasteiger partial charge < -0.3 is 25.6 Å². The third kappa shape index (κ3) is 9.34. The number of methoxy groups -OCH3 is 1. The lowest BCUT2D eigenvalue weighted by molar-refractivity contribution is -0.147. The van der Waals surface area contributed by atoms with E-state index in [9.17, 15) is 24.0 Å². The molecule has 3 N–H and O–H groups in total. The lowest BCUT2D eigenvalue weighted by Crippen LogP contribution is -2.57. The van der Waals surface area contributed by atoms with Crippen LogP contribution in [0.3, 0.4) is 0 Å². The summed E-state index contributed by atoms with van der Waals surface area (Å²) in [6.45, 7) is 4.26. The lowest BCUT2D eigenvalue weighted by Gasteiger charge is -2.31. The topological polar surface area (TPSA) is 134 Å². The Morgan fingerprint density at radius 3 is 2.42 bits per heavy atom. The van der Waals surface area contributed by atoms with Crippen LogP contribution in [-0.2, 0) is 35.1 Å². The molecule has 1 aromatic carbocycles. The van der Waals surface area contributed by atoms with Gasteiger partial charge in [0.25, 0.3) is 0 Å². The minimum atomic E-state index is -0.898. The van der Waals surface area contributed by atoms with Gasteiger partial charge in [0.05, 0.1) is 7.11 Å². The van der Waals surface area contributed by atoms with Crippen molar-refractivity contribution in [2.24, 2.45) is 5.92 Å². The number of nitrogens with one attached hydrogen (secondary N) is 3. The van der Waals surface area contributed by atoms with Crippen LogP contribution in [0, 0.1) is 5.92 Å². The monoisotopic (exact) mass is 548 g/mol. The Morgan fingerprint density at radius 2 is 1.82 bits per heavy atom. The molecule has 1 saturated heterocycles. The number of rotatable bonds is 15. The number of likely N-dealkylation sites (tertiary alicyclic amines) is 1. The average molecular weight is 549 g/mol. The zero-order chi connectivity index (χ0) is 28.1. The van der Waals surface area contributed by atoms with Crippen molar-refractivity contribution in [3.63, 3.8) is 0 Å². The van der Waals surface area contributed by atoms with Crippen LogP contribution in [0.15, 0.2) is 30.3 Å². The summed E-state index contributed by atoms with van der Waals surface area (Å²) in [5, 5.41) is 8.12. The molecule has 11 heteroatoms. The number of carbonyl (C=O) groups is 5. The first-order chi connectivity index (χ1) is 18.2. The van der Waals surface area contributed by atoms with Gasteiger partial charge in [0, 0.05) is 13.0 Å². The van der Waals surface area contributed by atoms with Crippen LogP contribution in [0.2, 0.25) is 0 Å². The number of amides is 4. The Kier molecular flexibility index (Phi) is 13.1. The normalized spacial score (nSPS) is 17.3. The second-order valence-corrected chi connectivity index (χ2v) is 10.8. The van der Waals surface area contributed by atoms with Crippen LogP contribution in [0.1, 0.15) is 45.1 Å². The highest BCUT2D eigenvalue weighted by Gasteiger charge is 2.39. The maximum absolute atomic E-state index is 13.6. The smallest absolute Gasteiger partial charge is 0.328 e. The van der Waals surface area contributed by atoms with Gasteiger partial charge in [-0.25, -0.2) is 4.79 Å². The lowest BCUT2D eigenvalue weighted by atomic mass is 10.0. The van der Waals surface area contributed by atoms with Gasteiger partial charge >= 0.3 is 5.97 Å². The van der Waals surface area contributed by atoms with Gasteiger partial charge in [-0.3, -0.25) is 19.2 Å². The highest BCUT2D eigenvalue weighted by molar-refractivity contribution is 7.98. The molecule has 1 aliphatic rings. The molecule has 1 fully saturated rings. The Balaban J connectivity index is 2.16. The summed E-state index contributed by atoms with van der Waals surface area (Å²) in [4.78, 5) is 64.8. The molecule has 1 aliphatic heterocycles. The number of carbonyl (C=O) groups excluding carboxylic acids is 5. The van der Waals surface area contributed by atoms with Crippen molar-refractivity contribution in [3.05, 3.63) is 35.9 Å². The molecule has 0 radical (unpaired) electrons. The molecule has 2 rings (SSSR count). The standard InChI is InChI=1S/C27H40N4O6S/c1-18(2)15-21(29-24(33)20(28-17-32)12-14-38-4)26(35)31-13-8-11-23(31)25(34)30-22(27(36)37-3)16-19-9-6-5-7-10-19/h5-7,9-10,17-18,20-23H,8,11-16H2,1-4H3,(H,28,32)(H,29,33)(H,30,34)/t20-,21-,22-,23-/m0/s1. The molecule has 38 heavy (non-hydrogen) atoms. The van der Waals surface area contributed by atoms with Crippen molar-refractivity contribution in [2.45, 2.75) is 70.1 Å². The van der Waals surface area contributed by atoms with E-state index in [1.165, 1.54) is 12.0 Å². The van der Waals surface area contributed by atoms with Gasteiger partial charge in [0.1, 0.15) is 24.2 Å². The average Bonchev–Trinajstić information content (AvgIpc) is 3.40. The summed E-state index contributed by atoms with van der Waals surface area (Å²) in [5.74, 6) is -1.02. The fourth-order valence-corrected chi connectivity index (χ4v) is 5.00. The first kappa shape index (κ1) is 31.1. The molecule has 4 atom stereocenters. The molecule has 0 aliphatic carbocycles. The molecule has 4 amide bonds. The van der Waals surface area contributed by atoms with E-state index in [1.807, 2.05) is 50.4 Å². The molecule has 0 bridgehead atoms. The van der Waals surface area contributed by atoms with Gasteiger partial charge in [0.15, 0.2) is 0 Å². The minimum absolute atomic E-state index is 0.0948. The molecule has 210 valence electrons. The Hall–Kier alpha value is -3.08. The van der Waals surface area contributed by atoms with Gasteiger partial charge in [-0.1, -0.05) is 44.2 Å². The van der Waals surface area contributed by atoms with Crippen LogP contribution in [0.4, 0.5) is 0 Å². The number of benzene rings is 1. The van der Waals surface area contributed by atoms with E-state index in [1.54, 1.807) is 11.8 Å². The Labute approximate surface area is 229 Å². The van der Waals surface area contributed by atoms with Crippen LogP contribution in [-0.4, -0.2) is 84.8 Å². The summed E-state index contributed by atoms with van der Waals surface area (Å²) in [6, 6.07) is 6.02. The largest absolute Gasteiger partial charge is 0.467 e. The van der Waals surface area contributed by atoms with Crippen molar-refractivity contribution in [2.75, 3.05) is 25.7 Å². The number of thioether (sulfide) groups is 1. The molecular weight excluding hydrogens is 508 g/mol. The number of hydrogen-bond acceptors (Lipinski definition) is 7. The van der Waals surface area contributed by atoms with Crippen LogP contribution >= 0.6 is 11.8 Å². The first-order valence-corrected chi connectivity index (χ1v) is 14.3. The predicted molar refractivity (Wildman–Crippen MR) is 146 cm³/mol. The highest BCUT2D eigenvalue weighted by Crippen LogP contribution is 2.21. The molecule has 0 spiro atoms. The Morgan fingerprint density at radius 1 is 1.11 bits per heavy atom. The van der Waals surface area contributed by atoms with Gasteiger partial charge in [-0.05, 0) is 49.2 Å². The molecule has 1 aromatic rings. The van der Waals surface area contributed by atoms with E-state index in [-0.39, 0.29) is 18.2 Å². The number of ether oxygens (including phenoxy) is 1. The van der Waals surface area contributed by atoms with Gasteiger partial charge in [-0.2, -0.15) is 11.8 Å². The number of hydrogen-bond donors (Lipinski definition) is 3. The molecule has 0 saturated carbocycles. The molecule has 0 unspecified atom stereocenters. The van der Waals surface area contributed by atoms with Gasteiger partial charge in [0.2, 0.25) is 24.1 Å². The van der Waals surface area contributed by atoms with Crippen molar-refractivity contribution in [1.29, 1.82) is 0 Å². The third-order valence-corrected chi connectivity index (χ3v) is 7.09. The second-order valence-electron chi connectivity index (χ2n) is 9.77. The first-order valence-electron chi connectivity index (χ1n) is 12.9. The van der Waals surface area contributed by atoms with Gasteiger partial charge in [-0.15, -0.1) is 0 Å². The molecule has 0 aromatic heterocycles. The molecule has 1 heterocycles. The van der Waals surface area contributed by atoms with Crippen molar-refractivity contribution in [1.82, 2.24) is 20.9 Å². The fraction of sp³-hybridized carbons (Fsp3) is 0.593. The summed E-state index contributed by atoms with van der Waals surface area (Å²) in [7, 11) is 1.27. The summed E-state index contributed by atoms with van der Waals surface area (Å²) < 4.78 is 4.90. The van der Waals surface area contributed by atoms with E-state index in [2.05, 4.69) is 16.0 Å². The van der Waals surface area contributed by atoms with E-state index >= 15 is 0 Å². The van der Waals surface area contributed by atoms with E-state index in [0.717, 1.165) is 5.56 Å². The maximum Gasteiger partial charge on any atom is 0.328 e. The maximum atomic E-state index is 13.6. The summed E-state index contributed by atoms with van der Waals surface area (Å²) in [5.41, 5.74) is 0.863. The molecule has 10 nitrogen and oxygen atoms in total. The second kappa shape index (κ2) is 16.0. The van der Waals surface area contributed by atoms with Crippen molar-refractivity contribution >= 4 is 41.9 Å². The van der Waals surface area contributed by atoms with Crippen LogP contribution in [0.5, 0.6) is 0 Å². The van der Waals surface area contributed by atoms with Crippen molar-refractivity contribution in [3.8, 4) is 0 Å². The zero-order valence-electron chi connectivity index (χ0n) is 22.6. The number of nitrogens with zero attached hydrogens (tertiary/aromatic N) is 1.